The Bertz CT molecular complexity index is 734. The number of rotatable bonds is 3. The van der Waals surface area contributed by atoms with Gasteiger partial charge in [-0.15, -0.1) is 0 Å². The highest BCUT2D eigenvalue weighted by Crippen LogP contribution is 2.28. The van der Waals surface area contributed by atoms with Crippen molar-refractivity contribution in [3.63, 3.8) is 0 Å². The van der Waals surface area contributed by atoms with E-state index < -0.39 is 10.0 Å². The van der Waals surface area contributed by atoms with Crippen LogP contribution >= 0.6 is 15.9 Å². The third-order valence-corrected chi connectivity index (χ3v) is 4.67. The van der Waals surface area contributed by atoms with Crippen LogP contribution < -0.4 is 4.72 Å². The van der Waals surface area contributed by atoms with Crippen LogP contribution in [0.4, 0.5) is 5.69 Å². The number of hydrogen-bond donors (Lipinski definition) is 2. The van der Waals surface area contributed by atoms with E-state index >= 15 is 0 Å². The summed E-state index contributed by atoms with van der Waals surface area (Å²) in [6.45, 7) is 3.66. The van der Waals surface area contributed by atoms with Crippen molar-refractivity contribution in [3.05, 3.63) is 52.0 Å². The molecule has 0 aliphatic rings. The van der Waals surface area contributed by atoms with Crippen LogP contribution in [0, 0.1) is 13.8 Å². The van der Waals surface area contributed by atoms with Crippen LogP contribution in [0.1, 0.15) is 11.1 Å². The fraction of sp³-hybridized carbons (Fsp3) is 0.143. The zero-order valence-corrected chi connectivity index (χ0v) is 13.4. The molecule has 4 nitrogen and oxygen atoms in total. The Morgan fingerprint density at radius 3 is 2.25 bits per heavy atom. The third kappa shape index (κ3) is 3.13. The number of hydrogen-bond acceptors (Lipinski definition) is 3. The van der Waals surface area contributed by atoms with Gasteiger partial charge in [0.25, 0.3) is 10.0 Å². The fourth-order valence-corrected chi connectivity index (χ4v) is 3.84. The van der Waals surface area contributed by atoms with E-state index in [-0.39, 0.29) is 10.6 Å². The predicted octanol–water partition coefficient (Wildman–Crippen LogP) is 3.57. The van der Waals surface area contributed by atoms with E-state index in [1.807, 2.05) is 26.0 Å². The lowest BCUT2D eigenvalue weighted by Gasteiger charge is -2.14. The Labute approximate surface area is 126 Å². The molecule has 2 N–H and O–H groups in total. The van der Waals surface area contributed by atoms with Crippen LogP contribution in [-0.2, 0) is 10.0 Å². The molecule has 0 bridgehead atoms. The lowest BCUT2D eigenvalue weighted by atomic mass is 10.1. The van der Waals surface area contributed by atoms with Crippen molar-refractivity contribution < 1.29 is 13.5 Å². The average molecular weight is 356 g/mol. The molecule has 0 fully saturated rings. The molecule has 0 radical (unpaired) electrons. The Morgan fingerprint density at radius 1 is 1.10 bits per heavy atom. The molecule has 0 atom stereocenters. The smallest absolute Gasteiger partial charge is 0.262 e. The number of aromatic hydroxyl groups is 1. The Morgan fingerprint density at radius 2 is 1.70 bits per heavy atom. The van der Waals surface area contributed by atoms with Crippen molar-refractivity contribution in [2.75, 3.05) is 4.72 Å². The van der Waals surface area contributed by atoms with Crippen molar-refractivity contribution in [1.29, 1.82) is 0 Å². The van der Waals surface area contributed by atoms with Crippen molar-refractivity contribution in [2.24, 2.45) is 0 Å². The van der Waals surface area contributed by atoms with Crippen LogP contribution in [0.3, 0.4) is 0 Å². The van der Waals surface area contributed by atoms with Gasteiger partial charge in [-0.2, -0.15) is 0 Å². The summed E-state index contributed by atoms with van der Waals surface area (Å²) in [6, 6.07) is 9.25. The van der Waals surface area contributed by atoms with Gasteiger partial charge in [-0.3, -0.25) is 4.72 Å². The molecule has 0 heterocycles. The van der Waals surface area contributed by atoms with E-state index in [0.717, 1.165) is 15.6 Å². The second kappa shape index (κ2) is 5.46. The second-order valence-electron chi connectivity index (χ2n) is 4.52. The number of sulfonamides is 1. The van der Waals surface area contributed by atoms with E-state index in [2.05, 4.69) is 20.7 Å². The quantitative estimate of drug-likeness (QED) is 0.884. The molecule has 6 heteroatoms. The summed E-state index contributed by atoms with van der Waals surface area (Å²) in [6.07, 6.45) is 0. The minimum absolute atomic E-state index is 0.0271. The number of halogens is 1. The predicted molar refractivity (Wildman–Crippen MR) is 82.5 cm³/mol. The normalized spacial score (nSPS) is 11.3. The van der Waals surface area contributed by atoms with E-state index in [0.29, 0.717) is 5.69 Å². The number of phenolic OH excluding ortho intramolecular Hbond substituents is 1. The maximum atomic E-state index is 12.3. The second-order valence-corrected chi connectivity index (χ2v) is 7.12. The van der Waals surface area contributed by atoms with Gasteiger partial charge in [0.1, 0.15) is 5.75 Å². The summed E-state index contributed by atoms with van der Waals surface area (Å²) in [5.41, 5.74) is 2.19. The minimum Gasteiger partial charge on any atom is -0.508 e. The van der Waals surface area contributed by atoms with Gasteiger partial charge in [0.05, 0.1) is 10.6 Å². The highest BCUT2D eigenvalue weighted by atomic mass is 79.9. The maximum absolute atomic E-state index is 12.3. The zero-order valence-electron chi connectivity index (χ0n) is 11.0. The lowest BCUT2D eigenvalue weighted by Crippen LogP contribution is -2.14. The molecule has 2 aromatic rings. The van der Waals surface area contributed by atoms with Gasteiger partial charge in [-0.05, 0) is 49.2 Å². The van der Waals surface area contributed by atoms with Crippen LogP contribution in [0.2, 0.25) is 0 Å². The molecule has 2 aromatic carbocycles. The molecular weight excluding hydrogens is 342 g/mol. The highest BCUT2D eigenvalue weighted by Gasteiger charge is 2.17. The van der Waals surface area contributed by atoms with Gasteiger partial charge in [0.15, 0.2) is 0 Å². The summed E-state index contributed by atoms with van der Waals surface area (Å²) in [5, 5.41) is 9.39. The van der Waals surface area contributed by atoms with Crippen molar-refractivity contribution >= 4 is 31.6 Å². The van der Waals surface area contributed by atoms with Gasteiger partial charge in [-0.25, -0.2) is 8.42 Å². The summed E-state index contributed by atoms with van der Waals surface area (Å²) in [7, 11) is -3.72. The number of nitrogens with one attached hydrogen (secondary N) is 1. The Hall–Kier alpha value is -1.53. The maximum Gasteiger partial charge on any atom is 0.262 e. The average Bonchev–Trinajstić information content (AvgIpc) is 2.34. The molecule has 0 aliphatic carbocycles. The molecule has 0 unspecified atom stereocenters. The Kier molecular flexibility index (Phi) is 4.06. The van der Waals surface area contributed by atoms with E-state index in [9.17, 15) is 13.5 Å². The molecule has 0 saturated heterocycles. The standard InChI is InChI=1S/C14H14BrNO3S/c1-9-6-11(15)7-10(2)14(9)16-20(18,19)13-5-3-4-12(17)8-13/h3-8,16-17H,1-2H3. The van der Waals surface area contributed by atoms with Gasteiger partial charge < -0.3 is 5.11 Å². The van der Waals surface area contributed by atoms with Gasteiger partial charge >= 0.3 is 0 Å². The summed E-state index contributed by atoms with van der Waals surface area (Å²) >= 11 is 3.37. The van der Waals surface area contributed by atoms with E-state index in [4.69, 9.17) is 0 Å². The molecule has 2 rings (SSSR count). The molecule has 0 aromatic heterocycles. The number of phenols is 1. The van der Waals surface area contributed by atoms with Gasteiger partial charge in [-0.1, -0.05) is 22.0 Å². The minimum atomic E-state index is -3.72. The van der Waals surface area contributed by atoms with E-state index in [1.54, 1.807) is 0 Å². The molecule has 0 saturated carbocycles. The van der Waals surface area contributed by atoms with Crippen molar-refractivity contribution in [1.82, 2.24) is 0 Å². The van der Waals surface area contributed by atoms with Gasteiger partial charge in [0, 0.05) is 10.5 Å². The van der Waals surface area contributed by atoms with E-state index in [1.165, 1.54) is 24.3 Å². The molecule has 0 spiro atoms. The summed E-state index contributed by atoms with van der Waals surface area (Å²) in [5.74, 6) is -0.0860. The first kappa shape index (κ1) is 14.9. The SMILES string of the molecule is Cc1cc(Br)cc(C)c1NS(=O)(=O)c1cccc(O)c1. The highest BCUT2D eigenvalue weighted by molar-refractivity contribution is 9.10. The molecule has 106 valence electrons. The number of anilines is 1. The Balaban J connectivity index is 2.44. The summed E-state index contributed by atoms with van der Waals surface area (Å²) in [4.78, 5) is 0.0271. The molecule has 0 amide bonds. The first-order chi connectivity index (χ1) is 9.29. The molecule has 20 heavy (non-hydrogen) atoms. The van der Waals surface area contributed by atoms with Crippen LogP contribution in [0.5, 0.6) is 5.75 Å². The van der Waals surface area contributed by atoms with Gasteiger partial charge in [0.2, 0.25) is 0 Å². The first-order valence-corrected chi connectivity index (χ1v) is 8.16. The largest absolute Gasteiger partial charge is 0.508 e. The lowest BCUT2D eigenvalue weighted by molar-refractivity contribution is 0.473. The third-order valence-electron chi connectivity index (χ3n) is 2.86. The molecule has 0 aliphatic heterocycles. The first-order valence-electron chi connectivity index (χ1n) is 5.88. The number of aryl methyl sites for hydroxylation is 2. The molecular formula is C14H14BrNO3S. The van der Waals surface area contributed by atoms with Crippen LogP contribution in [0.25, 0.3) is 0 Å². The van der Waals surface area contributed by atoms with Crippen LogP contribution in [-0.4, -0.2) is 13.5 Å². The van der Waals surface area contributed by atoms with Crippen LogP contribution in [0.15, 0.2) is 45.8 Å². The zero-order chi connectivity index (χ0) is 14.9. The monoisotopic (exact) mass is 355 g/mol. The number of benzene rings is 2. The topological polar surface area (TPSA) is 66.4 Å². The van der Waals surface area contributed by atoms with Crippen molar-refractivity contribution in [2.45, 2.75) is 18.7 Å². The van der Waals surface area contributed by atoms with Crippen molar-refractivity contribution in [3.8, 4) is 5.75 Å². The summed E-state index contributed by atoms with van der Waals surface area (Å²) < 4.78 is 28.1. The fourth-order valence-electron chi connectivity index (χ4n) is 1.92.